The largest absolute Gasteiger partial charge is 0.489 e. The smallest absolute Gasteiger partial charge is 0.415 e. The van der Waals surface area contributed by atoms with Crippen LogP contribution in [0.5, 0.6) is 11.5 Å². The number of nitrogens with zero attached hydrogens (tertiary/aromatic N) is 4. The lowest BCUT2D eigenvalue weighted by Gasteiger charge is -2.34. The van der Waals surface area contributed by atoms with E-state index in [4.69, 9.17) is 18.9 Å². The maximum Gasteiger partial charge on any atom is 0.415 e. The normalized spacial score (nSPS) is 24.1. The Morgan fingerprint density at radius 1 is 0.684 bits per heavy atom. The molecule has 4 atom stereocenters. The molecule has 2 aromatic carbocycles. The number of anilines is 4. The molecule has 57 heavy (non-hydrogen) atoms. The minimum atomic E-state index is -3.06. The van der Waals surface area contributed by atoms with E-state index in [2.05, 4.69) is 0 Å². The molecule has 0 spiro atoms. The summed E-state index contributed by atoms with van der Waals surface area (Å²) in [6.45, 7) is 2.51. The molecule has 0 aliphatic carbocycles. The van der Waals surface area contributed by atoms with Crippen LogP contribution in [0.2, 0.25) is 0 Å². The second-order valence-corrected chi connectivity index (χ2v) is 16.9. The molecule has 2 aromatic rings. The quantitative estimate of drug-likeness (QED) is 0.292. The maximum absolute atomic E-state index is 14.8. The topological polar surface area (TPSA) is 135 Å². The van der Waals surface area contributed by atoms with Gasteiger partial charge in [0.2, 0.25) is 0 Å². The van der Waals surface area contributed by atoms with Crippen molar-refractivity contribution < 1.29 is 68.7 Å². The van der Waals surface area contributed by atoms with Crippen LogP contribution in [0, 0.1) is 11.6 Å². The number of fused-ring (bicyclic) bond motifs is 6. The molecule has 0 N–H and O–H groups in total. The lowest BCUT2D eigenvalue weighted by Crippen LogP contribution is -2.45. The first-order valence-electron chi connectivity index (χ1n) is 18.3. The second kappa shape index (κ2) is 17.2. The first-order chi connectivity index (χ1) is 27.3. The van der Waals surface area contributed by atoms with Crippen molar-refractivity contribution in [3.8, 4) is 11.5 Å². The summed E-state index contributed by atoms with van der Waals surface area (Å²) in [5.74, 6) is 0.0141. The zero-order valence-electron chi connectivity index (χ0n) is 30.2. The van der Waals surface area contributed by atoms with Crippen molar-refractivity contribution in [2.45, 2.75) is 62.8 Å². The predicted octanol–water partition coefficient (Wildman–Crippen LogP) is 5.17. The number of ketones is 2. The Labute approximate surface area is 329 Å². The van der Waals surface area contributed by atoms with Crippen molar-refractivity contribution in [2.75, 3.05) is 82.0 Å². The standard InChI is InChI=1S/C18H19F3N2O5S.C18H19F3N2O4S/c19-10-7-12-16(8-11(10)22-3-5-29(26)6-4-22)27-9-13-15(28-18(25)23(12)13)2-1-14(24)17(20)21;19-10-7-12-16(8-11(10)22-3-5-28-6-4-22)26-9-13-15(27-18(25)23(12)13)2-1-14(24)17(20)21/h7-8,13,15,17H,1-6,9H2;7-8,13,15,17H,1-6,9H2/t2*13-,15-/m00/s1. The highest BCUT2D eigenvalue weighted by Crippen LogP contribution is 2.45. The molecule has 0 radical (unpaired) electrons. The van der Waals surface area contributed by atoms with Crippen LogP contribution in [0.3, 0.4) is 0 Å². The van der Waals surface area contributed by atoms with Gasteiger partial charge in [0.1, 0.15) is 60.6 Å². The van der Waals surface area contributed by atoms with Gasteiger partial charge >= 0.3 is 12.2 Å². The molecule has 21 heteroatoms. The van der Waals surface area contributed by atoms with E-state index in [1.54, 1.807) is 11.0 Å². The number of hydrogen-bond acceptors (Lipinski definition) is 12. The Hall–Kier alpha value is -4.40. The molecule has 0 aromatic heterocycles. The van der Waals surface area contributed by atoms with E-state index in [0.29, 0.717) is 47.5 Å². The lowest BCUT2D eigenvalue weighted by atomic mass is 10.0. The summed E-state index contributed by atoms with van der Waals surface area (Å²) in [6.07, 6.45) is -9.98. The number of ether oxygens (including phenoxy) is 4. The fraction of sp³-hybridized carbons (Fsp3) is 0.556. The zero-order chi connectivity index (χ0) is 40.5. The van der Waals surface area contributed by atoms with Gasteiger partial charge in [-0.25, -0.2) is 35.9 Å². The minimum Gasteiger partial charge on any atom is -0.489 e. The van der Waals surface area contributed by atoms with Gasteiger partial charge in [-0.05, 0) is 12.8 Å². The summed E-state index contributed by atoms with van der Waals surface area (Å²) >= 11 is 1.81. The van der Waals surface area contributed by atoms with Gasteiger partial charge in [-0.15, -0.1) is 0 Å². The van der Waals surface area contributed by atoms with Crippen LogP contribution in [-0.2, 0) is 29.9 Å². The van der Waals surface area contributed by atoms with Crippen LogP contribution in [0.15, 0.2) is 24.3 Å². The van der Waals surface area contributed by atoms with E-state index in [1.165, 1.54) is 28.0 Å². The van der Waals surface area contributed by atoms with Gasteiger partial charge in [0.05, 0.1) is 22.7 Å². The van der Waals surface area contributed by atoms with Crippen LogP contribution < -0.4 is 29.1 Å². The van der Waals surface area contributed by atoms with Crippen LogP contribution in [0.4, 0.5) is 58.7 Å². The molecular formula is C36H38F6N4O9S2. The molecule has 6 aliphatic rings. The summed E-state index contributed by atoms with van der Waals surface area (Å²) in [5, 5.41) is 0. The van der Waals surface area contributed by atoms with E-state index >= 15 is 0 Å². The maximum atomic E-state index is 14.8. The average molecular weight is 849 g/mol. The Kier molecular flexibility index (Phi) is 12.3. The monoisotopic (exact) mass is 848 g/mol. The molecule has 310 valence electrons. The summed E-state index contributed by atoms with van der Waals surface area (Å²) in [7, 11) is -0.900. The highest BCUT2D eigenvalue weighted by Gasteiger charge is 2.48. The van der Waals surface area contributed by atoms with E-state index in [1.807, 2.05) is 16.7 Å². The van der Waals surface area contributed by atoms with Gasteiger partial charge in [0.25, 0.3) is 12.9 Å². The van der Waals surface area contributed by atoms with Crippen molar-refractivity contribution >= 4 is 69.1 Å². The summed E-state index contributed by atoms with van der Waals surface area (Å²) in [6, 6.07) is 4.35. The SMILES string of the molecule is O=C(CC[C@@H]1OC(=O)N2c3cc(F)c(N4CCS(=O)CC4)cc3OC[C@@H]12)C(F)F.O=C(CC[C@@H]1OC(=O)N2c3cc(F)c(N4CCSCC4)cc3OC[C@@H]12)C(F)F. The van der Waals surface area contributed by atoms with Gasteiger partial charge in [0.15, 0.2) is 11.6 Å². The van der Waals surface area contributed by atoms with Crippen LogP contribution in [-0.4, -0.2) is 128 Å². The Bertz CT molecular complexity index is 1920. The molecule has 0 saturated carbocycles. The lowest BCUT2D eigenvalue weighted by molar-refractivity contribution is -0.130. The molecule has 13 nitrogen and oxygen atoms in total. The highest BCUT2D eigenvalue weighted by atomic mass is 32.2. The number of benzene rings is 2. The van der Waals surface area contributed by atoms with Gasteiger partial charge in [-0.1, -0.05) is 0 Å². The molecular weight excluding hydrogens is 811 g/mol. The summed E-state index contributed by atoms with van der Waals surface area (Å²) < 4.78 is 113. The van der Waals surface area contributed by atoms with Crippen molar-refractivity contribution in [1.82, 2.24) is 0 Å². The van der Waals surface area contributed by atoms with Crippen LogP contribution in [0.25, 0.3) is 0 Å². The van der Waals surface area contributed by atoms with Gasteiger partial charge < -0.3 is 28.7 Å². The average Bonchev–Trinajstić information content (AvgIpc) is 3.71. The first-order valence-corrected chi connectivity index (χ1v) is 20.9. The number of rotatable bonds is 10. The van der Waals surface area contributed by atoms with E-state index in [0.717, 1.165) is 24.6 Å². The third-order valence-electron chi connectivity index (χ3n) is 10.5. The second-order valence-electron chi connectivity index (χ2n) is 13.9. The van der Waals surface area contributed by atoms with Crippen molar-refractivity contribution in [3.63, 3.8) is 0 Å². The Morgan fingerprint density at radius 2 is 1.11 bits per heavy atom. The first kappa shape index (κ1) is 40.8. The number of carbonyl (C=O) groups is 4. The van der Waals surface area contributed by atoms with Gasteiger partial charge in [-0.2, -0.15) is 11.8 Å². The zero-order valence-corrected chi connectivity index (χ0v) is 31.9. The van der Waals surface area contributed by atoms with E-state index < -0.39 is 96.2 Å². The molecule has 6 heterocycles. The summed E-state index contributed by atoms with van der Waals surface area (Å²) in [5.41, 5.74) is 1.21. The molecule has 0 unspecified atom stereocenters. The van der Waals surface area contributed by atoms with E-state index in [9.17, 15) is 49.7 Å². The van der Waals surface area contributed by atoms with Crippen LogP contribution >= 0.6 is 11.8 Å². The third kappa shape index (κ3) is 8.59. The van der Waals surface area contributed by atoms with Gasteiger partial charge in [-0.3, -0.25) is 23.6 Å². The summed E-state index contributed by atoms with van der Waals surface area (Å²) in [4.78, 5) is 53.3. The highest BCUT2D eigenvalue weighted by molar-refractivity contribution is 7.99. The number of amides is 2. The molecule has 8 rings (SSSR count). The fourth-order valence-electron chi connectivity index (χ4n) is 7.53. The number of alkyl halides is 4. The predicted molar refractivity (Wildman–Crippen MR) is 197 cm³/mol. The number of cyclic esters (lactones) is 2. The van der Waals surface area contributed by atoms with E-state index in [-0.39, 0.29) is 37.4 Å². The number of thioether (sulfide) groups is 1. The van der Waals surface area contributed by atoms with Gasteiger partial charge in [0, 0.05) is 97.1 Å². The Morgan fingerprint density at radius 3 is 1.53 bits per heavy atom. The number of Topliss-reactive ketones (excluding diaryl/α,β-unsaturated/α-hetero) is 2. The minimum absolute atomic E-state index is 0.0270. The van der Waals surface area contributed by atoms with Crippen molar-refractivity contribution in [2.24, 2.45) is 0 Å². The molecule has 2 amide bonds. The molecule has 4 fully saturated rings. The number of carbonyl (C=O) groups excluding carboxylic acids is 4. The number of halogens is 6. The molecule has 4 saturated heterocycles. The molecule has 6 aliphatic heterocycles. The number of hydrogen-bond donors (Lipinski definition) is 0. The van der Waals surface area contributed by atoms with Crippen LogP contribution in [0.1, 0.15) is 25.7 Å². The molecule has 0 bridgehead atoms. The van der Waals surface area contributed by atoms with Crippen molar-refractivity contribution in [1.29, 1.82) is 0 Å². The fourth-order valence-corrected chi connectivity index (χ4v) is 9.49. The van der Waals surface area contributed by atoms with Crippen molar-refractivity contribution in [3.05, 3.63) is 35.9 Å². The Balaban J connectivity index is 0.000000174. The third-order valence-corrected chi connectivity index (χ3v) is 12.7.